The van der Waals surface area contributed by atoms with E-state index in [1.54, 1.807) is 0 Å². The fourth-order valence-corrected chi connectivity index (χ4v) is 3.44. The van der Waals surface area contributed by atoms with Crippen molar-refractivity contribution in [3.8, 4) is 0 Å². The summed E-state index contributed by atoms with van der Waals surface area (Å²) in [5.74, 6) is 1.55. The van der Waals surface area contributed by atoms with Crippen LogP contribution in [0.2, 0.25) is 0 Å². The highest BCUT2D eigenvalue weighted by Crippen LogP contribution is 2.29. The van der Waals surface area contributed by atoms with Crippen LogP contribution in [-0.4, -0.2) is 42.4 Å². The minimum Gasteiger partial charge on any atom is -0.404 e. The van der Waals surface area contributed by atoms with Gasteiger partial charge < -0.3 is 31.4 Å². The van der Waals surface area contributed by atoms with Crippen molar-refractivity contribution < 1.29 is 4.74 Å². The van der Waals surface area contributed by atoms with Crippen molar-refractivity contribution in [1.82, 2.24) is 15.3 Å². The predicted molar refractivity (Wildman–Crippen MR) is 111 cm³/mol. The minimum absolute atomic E-state index is 0.519. The number of allylic oxidation sites excluding steroid dienone is 1. The third-order valence-electron chi connectivity index (χ3n) is 5.01. The van der Waals surface area contributed by atoms with Gasteiger partial charge in [-0.15, -0.1) is 0 Å². The molecule has 2 aromatic rings. The summed E-state index contributed by atoms with van der Waals surface area (Å²) < 4.78 is 5.62. The molecule has 146 valence electrons. The molecule has 0 saturated carbocycles. The molecule has 1 saturated heterocycles. The maximum atomic E-state index is 7.42. The topological polar surface area (TPSA) is 112 Å². The molecule has 8 nitrogen and oxygen atoms in total. The number of benzene rings is 1. The number of hydrogen-bond acceptors (Lipinski definition) is 8. The van der Waals surface area contributed by atoms with Crippen molar-refractivity contribution in [2.45, 2.75) is 19.6 Å². The van der Waals surface area contributed by atoms with E-state index in [1.807, 2.05) is 24.3 Å². The Bertz CT molecular complexity index is 871. The molecule has 2 aliphatic rings. The molecular weight excluding hydrogens is 354 g/mol. The largest absolute Gasteiger partial charge is 0.404 e. The lowest BCUT2D eigenvalue weighted by Crippen LogP contribution is -2.30. The predicted octanol–water partition coefficient (Wildman–Crippen LogP) is 2.00. The summed E-state index contributed by atoms with van der Waals surface area (Å²) in [7, 11) is 0. The molecule has 28 heavy (non-hydrogen) atoms. The van der Waals surface area contributed by atoms with Gasteiger partial charge in [-0.2, -0.15) is 4.98 Å². The van der Waals surface area contributed by atoms with Gasteiger partial charge in [0, 0.05) is 48.9 Å². The third-order valence-corrected chi connectivity index (χ3v) is 5.01. The quantitative estimate of drug-likeness (QED) is 0.588. The molecule has 0 amide bonds. The molecule has 0 radical (unpaired) electrons. The summed E-state index contributed by atoms with van der Waals surface area (Å²) in [4.78, 5) is 11.8. The van der Waals surface area contributed by atoms with Crippen molar-refractivity contribution in [1.29, 1.82) is 5.41 Å². The normalized spacial score (nSPS) is 17.1. The van der Waals surface area contributed by atoms with Gasteiger partial charge in [0.25, 0.3) is 0 Å². The van der Waals surface area contributed by atoms with Crippen LogP contribution in [0.1, 0.15) is 23.2 Å². The SMILES string of the molecule is N=CC(=CN)c1ccc(Nc2nc(N3CCCNCC3)nc3c2COC3)cc1. The van der Waals surface area contributed by atoms with Crippen LogP contribution in [0.25, 0.3) is 5.57 Å². The lowest BCUT2D eigenvalue weighted by molar-refractivity contribution is 0.133. The fourth-order valence-electron chi connectivity index (χ4n) is 3.44. The Morgan fingerprint density at radius 1 is 1.18 bits per heavy atom. The second kappa shape index (κ2) is 8.37. The zero-order chi connectivity index (χ0) is 19.3. The lowest BCUT2D eigenvalue weighted by atomic mass is 10.1. The smallest absolute Gasteiger partial charge is 0.227 e. The number of rotatable bonds is 5. The highest BCUT2D eigenvalue weighted by Gasteiger charge is 2.23. The Hall–Kier alpha value is -2.97. The van der Waals surface area contributed by atoms with Crippen LogP contribution in [-0.2, 0) is 18.0 Å². The highest BCUT2D eigenvalue weighted by atomic mass is 16.5. The number of nitrogens with two attached hydrogens (primary N) is 1. The summed E-state index contributed by atoms with van der Waals surface area (Å²) in [5, 5.41) is 14.3. The van der Waals surface area contributed by atoms with Crippen LogP contribution >= 0.6 is 0 Å². The van der Waals surface area contributed by atoms with E-state index in [9.17, 15) is 0 Å². The van der Waals surface area contributed by atoms with E-state index < -0.39 is 0 Å². The summed E-state index contributed by atoms with van der Waals surface area (Å²) in [6, 6.07) is 7.79. The van der Waals surface area contributed by atoms with Crippen LogP contribution in [0, 0.1) is 5.41 Å². The van der Waals surface area contributed by atoms with Crippen molar-refractivity contribution in [3.63, 3.8) is 0 Å². The van der Waals surface area contributed by atoms with Crippen LogP contribution in [0.5, 0.6) is 0 Å². The van der Waals surface area contributed by atoms with Crippen molar-refractivity contribution in [2.75, 3.05) is 36.4 Å². The van der Waals surface area contributed by atoms with E-state index >= 15 is 0 Å². The molecule has 5 N–H and O–H groups in total. The van der Waals surface area contributed by atoms with Crippen LogP contribution in [0.4, 0.5) is 17.5 Å². The maximum Gasteiger partial charge on any atom is 0.227 e. The van der Waals surface area contributed by atoms with Gasteiger partial charge in [0.15, 0.2) is 0 Å². The molecule has 3 heterocycles. The molecule has 0 bridgehead atoms. The summed E-state index contributed by atoms with van der Waals surface area (Å²) in [5.41, 5.74) is 10.0. The molecule has 1 fully saturated rings. The van der Waals surface area contributed by atoms with Gasteiger partial charge in [-0.05, 0) is 30.7 Å². The van der Waals surface area contributed by atoms with Gasteiger partial charge in [0.2, 0.25) is 5.95 Å². The lowest BCUT2D eigenvalue weighted by Gasteiger charge is -2.21. The fraction of sp³-hybridized carbons (Fsp3) is 0.350. The molecule has 0 unspecified atom stereocenters. The van der Waals surface area contributed by atoms with E-state index in [2.05, 4.69) is 15.5 Å². The first kappa shape index (κ1) is 18.4. The Labute approximate surface area is 164 Å². The van der Waals surface area contributed by atoms with E-state index in [4.69, 9.17) is 25.8 Å². The van der Waals surface area contributed by atoms with E-state index in [1.165, 1.54) is 12.4 Å². The summed E-state index contributed by atoms with van der Waals surface area (Å²) >= 11 is 0. The molecule has 2 aliphatic heterocycles. The molecule has 8 heteroatoms. The summed E-state index contributed by atoms with van der Waals surface area (Å²) in [6.45, 7) is 4.84. The zero-order valence-corrected chi connectivity index (χ0v) is 15.7. The van der Waals surface area contributed by atoms with Crippen molar-refractivity contribution in [3.05, 3.63) is 47.3 Å². The monoisotopic (exact) mass is 379 g/mol. The Morgan fingerprint density at radius 3 is 2.82 bits per heavy atom. The van der Waals surface area contributed by atoms with Crippen LogP contribution in [0.3, 0.4) is 0 Å². The molecule has 0 atom stereocenters. The molecule has 1 aromatic carbocycles. The van der Waals surface area contributed by atoms with Gasteiger partial charge in [-0.25, -0.2) is 4.98 Å². The average molecular weight is 379 g/mol. The minimum atomic E-state index is 0.519. The highest BCUT2D eigenvalue weighted by molar-refractivity contribution is 6.08. The second-order valence-electron chi connectivity index (χ2n) is 6.85. The third kappa shape index (κ3) is 3.83. The molecular formula is C20H25N7O. The van der Waals surface area contributed by atoms with Crippen LogP contribution in [0.15, 0.2) is 30.5 Å². The zero-order valence-electron chi connectivity index (χ0n) is 15.7. The Morgan fingerprint density at radius 2 is 2.04 bits per heavy atom. The van der Waals surface area contributed by atoms with E-state index in [0.717, 1.165) is 66.9 Å². The Balaban J connectivity index is 1.61. The van der Waals surface area contributed by atoms with Crippen molar-refractivity contribution in [2.24, 2.45) is 5.73 Å². The number of nitrogens with one attached hydrogen (secondary N) is 3. The van der Waals surface area contributed by atoms with E-state index in [-0.39, 0.29) is 0 Å². The van der Waals surface area contributed by atoms with Gasteiger partial charge in [-0.1, -0.05) is 12.1 Å². The standard InChI is InChI=1S/C20H25N7O/c21-10-15(11-22)14-2-4-16(5-3-14)24-19-17-12-28-13-18(17)25-20(26-19)27-8-1-6-23-7-9-27/h2-5,10-11,21,23H,1,6-9,12-13,22H2,(H,24,25,26). The van der Waals surface area contributed by atoms with Crippen molar-refractivity contribution >= 4 is 29.2 Å². The number of ether oxygens (including phenoxy) is 1. The van der Waals surface area contributed by atoms with Crippen LogP contribution < -0.4 is 21.3 Å². The van der Waals surface area contributed by atoms with E-state index in [0.29, 0.717) is 18.8 Å². The number of hydrogen-bond donors (Lipinski definition) is 4. The first-order valence-electron chi connectivity index (χ1n) is 9.51. The molecule has 1 aromatic heterocycles. The first-order valence-corrected chi connectivity index (χ1v) is 9.51. The summed E-state index contributed by atoms with van der Waals surface area (Å²) in [6.07, 6.45) is 3.76. The average Bonchev–Trinajstić information content (AvgIpc) is 3.03. The van der Waals surface area contributed by atoms with Gasteiger partial charge in [0.1, 0.15) is 5.82 Å². The van der Waals surface area contributed by atoms with Gasteiger partial charge in [-0.3, -0.25) is 0 Å². The number of fused-ring (bicyclic) bond motifs is 1. The van der Waals surface area contributed by atoms with Gasteiger partial charge >= 0.3 is 0 Å². The second-order valence-corrected chi connectivity index (χ2v) is 6.85. The number of aromatic nitrogens is 2. The Kier molecular flexibility index (Phi) is 5.50. The molecule has 4 rings (SSSR count). The molecule has 0 aliphatic carbocycles. The maximum absolute atomic E-state index is 7.42. The van der Waals surface area contributed by atoms with Gasteiger partial charge in [0.05, 0.1) is 18.9 Å². The number of anilines is 3. The number of nitrogens with zero attached hydrogens (tertiary/aromatic N) is 3. The first-order chi connectivity index (χ1) is 13.8. The molecule has 0 spiro atoms.